The van der Waals surface area contributed by atoms with E-state index in [9.17, 15) is 9.59 Å². The Labute approximate surface area is 112 Å². The number of nitrogens with two attached hydrogens (primary N) is 4. The number of carbonyl (C=O) groups excluding carboxylic acids is 2. The number of hydrogen-bond acceptors (Lipinski definition) is 6. The molecule has 0 spiro atoms. The Kier molecular flexibility index (Phi) is 8.30. The number of urea groups is 2. The van der Waals surface area contributed by atoms with Crippen molar-refractivity contribution in [2.75, 3.05) is 11.5 Å². The first-order valence-electron chi connectivity index (χ1n) is 4.45. The van der Waals surface area contributed by atoms with Gasteiger partial charge in [0.1, 0.15) is 0 Å². The van der Waals surface area contributed by atoms with Crippen molar-refractivity contribution in [3.05, 3.63) is 0 Å². The van der Waals surface area contributed by atoms with Crippen molar-refractivity contribution in [1.82, 2.24) is 10.6 Å². The van der Waals surface area contributed by atoms with Crippen LogP contribution in [0.25, 0.3) is 0 Å². The predicted octanol–water partition coefficient (Wildman–Crippen LogP) is -1.75. The van der Waals surface area contributed by atoms with Gasteiger partial charge >= 0.3 is 12.1 Å². The number of hydrogen-bond donors (Lipinski definition) is 6. The van der Waals surface area contributed by atoms with Crippen LogP contribution in [0.4, 0.5) is 9.59 Å². The van der Waals surface area contributed by atoms with Crippen molar-refractivity contribution < 1.29 is 9.59 Å². The molecule has 0 aromatic carbocycles. The van der Waals surface area contributed by atoms with Gasteiger partial charge in [-0.05, 0) is 23.9 Å². The molecular formula is C6H14N8O2S2. The fourth-order valence-corrected chi connectivity index (χ4v) is 1.75. The van der Waals surface area contributed by atoms with E-state index >= 15 is 0 Å². The molecule has 0 saturated carbocycles. The number of rotatable bonds is 5. The van der Waals surface area contributed by atoms with E-state index in [2.05, 4.69) is 19.4 Å². The summed E-state index contributed by atoms with van der Waals surface area (Å²) in [7, 11) is 0. The normalized spacial score (nSPS) is 12.0. The molecule has 18 heavy (non-hydrogen) atoms. The Morgan fingerprint density at radius 3 is 1.44 bits per heavy atom. The molecule has 0 aliphatic rings. The highest BCUT2D eigenvalue weighted by Gasteiger charge is 1.97. The Bertz CT molecular complexity index is 323. The lowest BCUT2D eigenvalue weighted by Crippen LogP contribution is -2.39. The molecule has 10 N–H and O–H groups in total. The van der Waals surface area contributed by atoms with Crippen molar-refractivity contribution in [2.45, 2.75) is 0 Å². The van der Waals surface area contributed by atoms with E-state index in [0.29, 0.717) is 11.5 Å². The second-order valence-corrected chi connectivity index (χ2v) is 4.30. The molecule has 0 saturated heterocycles. The van der Waals surface area contributed by atoms with Gasteiger partial charge in [0.2, 0.25) is 11.9 Å². The Hall–Kier alpha value is -1.82. The van der Waals surface area contributed by atoms with Crippen molar-refractivity contribution in [1.29, 1.82) is 0 Å². The summed E-state index contributed by atoms with van der Waals surface area (Å²) in [6.07, 6.45) is 0. The average Bonchev–Trinajstić information content (AvgIpc) is 2.20. The van der Waals surface area contributed by atoms with Gasteiger partial charge in [0.05, 0.1) is 0 Å². The molecule has 10 nitrogen and oxygen atoms in total. The van der Waals surface area contributed by atoms with Gasteiger partial charge in [-0.1, -0.05) is 0 Å². The van der Waals surface area contributed by atoms with Crippen molar-refractivity contribution in [3.63, 3.8) is 0 Å². The highest BCUT2D eigenvalue weighted by Crippen LogP contribution is 2.08. The van der Waals surface area contributed by atoms with Gasteiger partial charge in [0.15, 0.2) is 0 Å². The van der Waals surface area contributed by atoms with Crippen LogP contribution >= 0.6 is 23.9 Å². The topological polar surface area (TPSA) is 187 Å². The molecule has 0 aromatic rings. The van der Waals surface area contributed by atoms with Crippen molar-refractivity contribution in [2.24, 2.45) is 31.7 Å². The maximum Gasteiger partial charge on any atom is 0.318 e. The van der Waals surface area contributed by atoms with Gasteiger partial charge in [-0.15, -0.1) is 0 Å². The summed E-state index contributed by atoms with van der Waals surface area (Å²) in [5.74, 6) is 0.991. The standard InChI is InChI=1S/C6H14N8O2S2/c7-3(11-5(9)15)13-17-1-2-18-14-4(8)12-6(10)16/h1-2H2,(H5,7,9,11,13,15)(H5,8,10,12,14,16). The first-order chi connectivity index (χ1) is 8.41. The summed E-state index contributed by atoms with van der Waals surface area (Å²) < 4.78 is 7.49. The van der Waals surface area contributed by atoms with E-state index in [1.165, 1.54) is 0 Å². The predicted molar refractivity (Wildman–Crippen MR) is 73.6 cm³/mol. The van der Waals surface area contributed by atoms with E-state index in [1.807, 2.05) is 0 Å². The average molecular weight is 294 g/mol. The van der Waals surface area contributed by atoms with E-state index in [0.717, 1.165) is 23.9 Å². The van der Waals surface area contributed by atoms with Crippen LogP contribution in [-0.4, -0.2) is 35.5 Å². The Morgan fingerprint density at radius 2 is 1.17 bits per heavy atom. The van der Waals surface area contributed by atoms with Crippen LogP contribution < -0.4 is 33.6 Å². The molecule has 0 aliphatic carbocycles. The first-order valence-corrected chi connectivity index (χ1v) is 6.34. The first kappa shape index (κ1) is 16.2. The quantitative estimate of drug-likeness (QED) is 0.151. The van der Waals surface area contributed by atoms with Crippen LogP contribution in [0.2, 0.25) is 0 Å². The fraction of sp³-hybridized carbons (Fsp3) is 0.333. The fourth-order valence-electron chi connectivity index (χ4n) is 0.603. The minimum atomic E-state index is -0.777. The molecule has 102 valence electrons. The molecule has 0 heterocycles. The molecule has 0 aromatic heterocycles. The van der Waals surface area contributed by atoms with Gasteiger partial charge in [0, 0.05) is 11.5 Å². The lowest BCUT2D eigenvalue weighted by atomic mass is 10.9. The molecule has 4 amide bonds. The van der Waals surface area contributed by atoms with Crippen LogP contribution in [0.1, 0.15) is 0 Å². The van der Waals surface area contributed by atoms with E-state index in [4.69, 9.17) is 22.9 Å². The highest BCUT2D eigenvalue weighted by atomic mass is 32.2. The van der Waals surface area contributed by atoms with Crippen LogP contribution in [0, 0.1) is 0 Å². The minimum Gasteiger partial charge on any atom is -0.369 e. The SMILES string of the molecule is NC(=O)NC(N)=NSCCSN=C(N)NC(N)=O. The molecule has 0 atom stereocenters. The minimum absolute atomic E-state index is 0.0732. The molecule has 0 rings (SSSR count). The largest absolute Gasteiger partial charge is 0.369 e. The van der Waals surface area contributed by atoms with Gasteiger partial charge < -0.3 is 22.9 Å². The molecule has 0 radical (unpaired) electrons. The Balaban J connectivity index is 3.68. The van der Waals surface area contributed by atoms with E-state index in [1.54, 1.807) is 0 Å². The summed E-state index contributed by atoms with van der Waals surface area (Å²) >= 11 is 2.24. The number of guanidine groups is 2. The molecular weight excluding hydrogens is 280 g/mol. The Morgan fingerprint density at radius 1 is 0.833 bits per heavy atom. The zero-order valence-corrected chi connectivity index (χ0v) is 10.9. The number of nitrogens with one attached hydrogen (secondary N) is 2. The van der Waals surface area contributed by atoms with Crippen LogP contribution in [0.15, 0.2) is 8.80 Å². The maximum absolute atomic E-state index is 10.4. The number of primary amides is 2. The second kappa shape index (κ2) is 9.23. The third-order valence-electron chi connectivity index (χ3n) is 1.09. The maximum atomic E-state index is 10.4. The van der Waals surface area contributed by atoms with Crippen molar-refractivity contribution in [3.8, 4) is 0 Å². The van der Waals surface area contributed by atoms with Crippen LogP contribution in [0.5, 0.6) is 0 Å². The zero-order chi connectivity index (χ0) is 14.0. The summed E-state index contributed by atoms with van der Waals surface area (Å²) in [4.78, 5) is 20.7. The summed E-state index contributed by atoms with van der Waals surface area (Å²) in [5, 5.41) is 4.21. The number of amides is 4. The van der Waals surface area contributed by atoms with Gasteiger partial charge in [-0.25, -0.2) is 9.59 Å². The lowest BCUT2D eigenvalue weighted by molar-refractivity contribution is 0.252. The molecule has 0 fully saturated rings. The number of nitrogens with zero attached hydrogens (tertiary/aromatic N) is 2. The van der Waals surface area contributed by atoms with Crippen molar-refractivity contribution >= 4 is 47.9 Å². The molecule has 12 heteroatoms. The monoisotopic (exact) mass is 294 g/mol. The van der Waals surface area contributed by atoms with Crippen LogP contribution in [0.3, 0.4) is 0 Å². The van der Waals surface area contributed by atoms with Gasteiger partial charge in [-0.2, -0.15) is 8.80 Å². The van der Waals surface area contributed by atoms with E-state index in [-0.39, 0.29) is 11.9 Å². The van der Waals surface area contributed by atoms with Gasteiger partial charge in [0.25, 0.3) is 0 Å². The summed E-state index contributed by atoms with van der Waals surface area (Å²) in [6.45, 7) is 0. The third-order valence-corrected chi connectivity index (χ3v) is 2.78. The highest BCUT2D eigenvalue weighted by molar-refractivity contribution is 8.01. The zero-order valence-electron chi connectivity index (χ0n) is 9.25. The summed E-state index contributed by atoms with van der Waals surface area (Å²) in [6, 6.07) is -1.55. The second-order valence-electron chi connectivity index (χ2n) is 2.60. The van der Waals surface area contributed by atoms with Gasteiger partial charge in [-0.3, -0.25) is 10.6 Å². The smallest absolute Gasteiger partial charge is 0.318 e. The molecule has 0 unspecified atom stereocenters. The summed E-state index contributed by atoms with van der Waals surface area (Å²) in [5.41, 5.74) is 20.2. The van der Waals surface area contributed by atoms with E-state index < -0.39 is 12.1 Å². The molecule has 0 aliphatic heterocycles. The molecule has 0 bridgehead atoms. The lowest BCUT2D eigenvalue weighted by Gasteiger charge is -2.00. The van der Waals surface area contributed by atoms with Crippen LogP contribution in [-0.2, 0) is 0 Å². The number of carbonyl (C=O) groups is 2. The third kappa shape index (κ3) is 10.7.